The molecular formula is C20H23N3O5. The summed E-state index contributed by atoms with van der Waals surface area (Å²) in [5.41, 5.74) is 7.52. The normalized spacial score (nSPS) is 11.2. The summed E-state index contributed by atoms with van der Waals surface area (Å²) < 4.78 is 10.5. The number of hydrogen-bond donors (Lipinski definition) is 3. The number of carbonyl (C=O) groups is 3. The maximum Gasteiger partial charge on any atom is 0.338 e. The van der Waals surface area contributed by atoms with Gasteiger partial charge in [0, 0.05) is 6.54 Å². The summed E-state index contributed by atoms with van der Waals surface area (Å²) in [5.74, 6) is -0.592. The van der Waals surface area contributed by atoms with Crippen LogP contribution >= 0.6 is 0 Å². The van der Waals surface area contributed by atoms with Gasteiger partial charge in [0.25, 0.3) is 5.91 Å². The number of amides is 3. The predicted octanol–water partition coefficient (Wildman–Crippen LogP) is 2.36. The second-order valence-corrected chi connectivity index (χ2v) is 6.16. The van der Waals surface area contributed by atoms with Crippen molar-refractivity contribution < 1.29 is 23.9 Å². The van der Waals surface area contributed by atoms with Crippen molar-refractivity contribution in [3.63, 3.8) is 0 Å². The Balaban J connectivity index is 1.97. The summed E-state index contributed by atoms with van der Waals surface area (Å²) in [6.45, 7) is 3.63. The zero-order valence-electron chi connectivity index (χ0n) is 15.9. The van der Waals surface area contributed by atoms with Gasteiger partial charge in [0.15, 0.2) is 6.10 Å². The third-order valence-electron chi connectivity index (χ3n) is 3.92. The van der Waals surface area contributed by atoms with Crippen LogP contribution in [0.3, 0.4) is 0 Å². The van der Waals surface area contributed by atoms with E-state index in [-0.39, 0.29) is 12.1 Å². The molecule has 8 nitrogen and oxygen atoms in total. The molecule has 0 spiro atoms. The van der Waals surface area contributed by atoms with Gasteiger partial charge in [0.1, 0.15) is 5.75 Å². The minimum Gasteiger partial charge on any atom is -0.495 e. The van der Waals surface area contributed by atoms with E-state index in [0.29, 0.717) is 11.4 Å². The molecule has 4 N–H and O–H groups in total. The summed E-state index contributed by atoms with van der Waals surface area (Å²) in [6, 6.07) is 11.2. The lowest BCUT2D eigenvalue weighted by atomic mass is 10.1. The molecule has 3 amide bonds. The number of hydrogen-bond acceptors (Lipinski definition) is 5. The van der Waals surface area contributed by atoms with Crippen LogP contribution in [0.1, 0.15) is 28.4 Å². The van der Waals surface area contributed by atoms with Gasteiger partial charge in [-0.1, -0.05) is 18.2 Å². The first-order valence-electron chi connectivity index (χ1n) is 8.59. The fraction of sp³-hybridized carbons (Fsp3) is 0.250. The van der Waals surface area contributed by atoms with Gasteiger partial charge in [0.05, 0.1) is 18.4 Å². The van der Waals surface area contributed by atoms with E-state index in [9.17, 15) is 14.4 Å². The molecular weight excluding hydrogens is 362 g/mol. The van der Waals surface area contributed by atoms with E-state index in [4.69, 9.17) is 15.2 Å². The molecule has 0 radical (unpaired) electrons. The van der Waals surface area contributed by atoms with Crippen LogP contribution in [0.5, 0.6) is 5.75 Å². The molecule has 28 heavy (non-hydrogen) atoms. The van der Waals surface area contributed by atoms with Gasteiger partial charge >= 0.3 is 12.0 Å². The number of aryl methyl sites for hydroxylation is 1. The molecule has 0 aliphatic heterocycles. The number of carbonyl (C=O) groups excluding carboxylic acids is 3. The smallest absolute Gasteiger partial charge is 0.338 e. The quantitative estimate of drug-likeness (QED) is 0.632. The van der Waals surface area contributed by atoms with Crippen LogP contribution in [0, 0.1) is 6.92 Å². The van der Waals surface area contributed by atoms with E-state index in [2.05, 4.69) is 10.6 Å². The topological polar surface area (TPSA) is 120 Å². The van der Waals surface area contributed by atoms with Crippen molar-refractivity contribution in [1.82, 2.24) is 5.32 Å². The first kappa shape index (κ1) is 20.8. The maximum absolute atomic E-state index is 12.4. The molecule has 1 unspecified atom stereocenters. The van der Waals surface area contributed by atoms with Gasteiger partial charge in [-0.2, -0.15) is 0 Å². The van der Waals surface area contributed by atoms with E-state index < -0.39 is 24.0 Å². The van der Waals surface area contributed by atoms with Gasteiger partial charge in [-0.15, -0.1) is 0 Å². The minimum absolute atomic E-state index is 0.252. The van der Waals surface area contributed by atoms with Crippen LogP contribution in [-0.2, 0) is 16.1 Å². The molecule has 0 aliphatic rings. The second-order valence-electron chi connectivity index (χ2n) is 6.16. The molecule has 0 saturated carbocycles. The highest BCUT2D eigenvalue weighted by Crippen LogP contribution is 2.25. The van der Waals surface area contributed by atoms with Crippen molar-refractivity contribution in [2.24, 2.45) is 5.73 Å². The van der Waals surface area contributed by atoms with Gasteiger partial charge in [-0.3, -0.25) is 4.79 Å². The van der Waals surface area contributed by atoms with Crippen LogP contribution < -0.4 is 21.1 Å². The summed E-state index contributed by atoms with van der Waals surface area (Å²) in [4.78, 5) is 35.3. The zero-order valence-corrected chi connectivity index (χ0v) is 15.9. The van der Waals surface area contributed by atoms with E-state index in [1.165, 1.54) is 14.0 Å². The first-order chi connectivity index (χ1) is 13.3. The van der Waals surface area contributed by atoms with E-state index in [1.54, 1.807) is 36.4 Å². The highest BCUT2D eigenvalue weighted by molar-refractivity contribution is 5.98. The summed E-state index contributed by atoms with van der Waals surface area (Å²) in [6.07, 6.45) is -1.01. The lowest BCUT2D eigenvalue weighted by Crippen LogP contribution is -2.30. The maximum atomic E-state index is 12.4. The number of methoxy groups -OCH3 is 1. The monoisotopic (exact) mass is 385 g/mol. The van der Waals surface area contributed by atoms with Crippen molar-refractivity contribution in [1.29, 1.82) is 0 Å². The number of rotatable bonds is 7. The zero-order chi connectivity index (χ0) is 20.7. The number of benzene rings is 2. The standard InChI is InChI=1S/C20H23N3O5/c1-12-4-9-17(27-3)16(10-12)23-18(24)13(2)28-19(25)15-7-5-14(6-8-15)11-22-20(21)26/h4-10,13H,11H2,1-3H3,(H,23,24)(H3,21,22,26). The molecule has 148 valence electrons. The molecule has 8 heteroatoms. The fourth-order valence-corrected chi connectivity index (χ4v) is 2.38. The van der Waals surface area contributed by atoms with Crippen LogP contribution in [-0.4, -0.2) is 31.1 Å². The van der Waals surface area contributed by atoms with Gasteiger partial charge in [-0.05, 0) is 49.2 Å². The van der Waals surface area contributed by atoms with Gasteiger partial charge in [0.2, 0.25) is 0 Å². The summed E-state index contributed by atoms with van der Waals surface area (Å²) in [5, 5.41) is 5.16. The number of anilines is 1. The molecule has 2 aromatic carbocycles. The summed E-state index contributed by atoms with van der Waals surface area (Å²) in [7, 11) is 1.51. The number of esters is 1. The van der Waals surface area contributed by atoms with Crippen LogP contribution in [0.25, 0.3) is 0 Å². The van der Waals surface area contributed by atoms with E-state index in [1.807, 2.05) is 13.0 Å². The Hall–Kier alpha value is -3.55. The Labute approximate surface area is 163 Å². The molecule has 0 saturated heterocycles. The Kier molecular flexibility index (Phi) is 6.97. The minimum atomic E-state index is -1.01. The average molecular weight is 385 g/mol. The van der Waals surface area contributed by atoms with Crippen molar-refractivity contribution in [3.05, 3.63) is 59.2 Å². The molecule has 2 rings (SSSR count). The van der Waals surface area contributed by atoms with Crippen LogP contribution in [0.2, 0.25) is 0 Å². The number of urea groups is 1. The number of nitrogens with two attached hydrogens (primary N) is 1. The Morgan fingerprint density at radius 3 is 2.39 bits per heavy atom. The third-order valence-corrected chi connectivity index (χ3v) is 3.92. The molecule has 0 heterocycles. The fourth-order valence-electron chi connectivity index (χ4n) is 2.38. The molecule has 0 aliphatic carbocycles. The molecule has 1 atom stereocenters. The Morgan fingerprint density at radius 1 is 1.11 bits per heavy atom. The molecule has 0 fully saturated rings. The number of ether oxygens (including phenoxy) is 2. The van der Waals surface area contributed by atoms with E-state index >= 15 is 0 Å². The van der Waals surface area contributed by atoms with Crippen LogP contribution in [0.4, 0.5) is 10.5 Å². The third kappa shape index (κ3) is 5.73. The van der Waals surface area contributed by atoms with Crippen molar-refractivity contribution >= 4 is 23.6 Å². The van der Waals surface area contributed by atoms with Gasteiger partial charge < -0.3 is 25.8 Å². The van der Waals surface area contributed by atoms with Crippen molar-refractivity contribution in [2.75, 3.05) is 12.4 Å². The first-order valence-corrected chi connectivity index (χ1v) is 8.59. The summed E-state index contributed by atoms with van der Waals surface area (Å²) >= 11 is 0. The van der Waals surface area contributed by atoms with Crippen LogP contribution in [0.15, 0.2) is 42.5 Å². The Morgan fingerprint density at radius 2 is 1.79 bits per heavy atom. The molecule has 0 aromatic heterocycles. The largest absolute Gasteiger partial charge is 0.495 e. The molecule has 0 bridgehead atoms. The molecule has 2 aromatic rings. The van der Waals surface area contributed by atoms with E-state index in [0.717, 1.165) is 11.1 Å². The number of nitrogens with one attached hydrogen (secondary N) is 2. The highest BCUT2D eigenvalue weighted by Gasteiger charge is 2.20. The lowest BCUT2D eigenvalue weighted by Gasteiger charge is -2.15. The average Bonchev–Trinajstić information content (AvgIpc) is 2.66. The Bertz CT molecular complexity index is 865. The van der Waals surface area contributed by atoms with Crippen molar-refractivity contribution in [3.8, 4) is 5.75 Å². The lowest BCUT2D eigenvalue weighted by molar-refractivity contribution is -0.123. The highest BCUT2D eigenvalue weighted by atomic mass is 16.5. The second kappa shape index (κ2) is 9.40. The van der Waals surface area contributed by atoms with Gasteiger partial charge in [-0.25, -0.2) is 9.59 Å². The predicted molar refractivity (Wildman–Crippen MR) is 104 cm³/mol. The SMILES string of the molecule is COc1ccc(C)cc1NC(=O)C(C)OC(=O)c1ccc(CNC(N)=O)cc1. The van der Waals surface area contributed by atoms with Crippen molar-refractivity contribution in [2.45, 2.75) is 26.5 Å². The number of primary amides is 1.